The maximum absolute atomic E-state index is 11.6. The third-order valence-electron chi connectivity index (χ3n) is 2.69. The summed E-state index contributed by atoms with van der Waals surface area (Å²) in [5, 5.41) is 2.90. The molecule has 82 valence electrons. The van der Waals surface area contributed by atoms with Crippen LogP contribution in [0.3, 0.4) is 0 Å². The van der Waals surface area contributed by atoms with E-state index in [1.807, 2.05) is 38.1 Å². The van der Waals surface area contributed by atoms with Crippen molar-refractivity contribution in [3.63, 3.8) is 0 Å². The summed E-state index contributed by atoms with van der Waals surface area (Å²) in [4.78, 5) is 11.6. The van der Waals surface area contributed by atoms with Crippen LogP contribution in [-0.2, 0) is 11.2 Å². The summed E-state index contributed by atoms with van der Waals surface area (Å²) in [5.74, 6) is 0.178. The van der Waals surface area contributed by atoms with Crippen molar-refractivity contribution in [2.24, 2.45) is 5.92 Å². The third kappa shape index (κ3) is 3.39. The van der Waals surface area contributed by atoms with E-state index in [-0.39, 0.29) is 11.8 Å². The number of nitrogens with one attached hydrogen (secondary N) is 1. The average molecular weight is 205 g/mol. The van der Waals surface area contributed by atoms with Crippen molar-refractivity contribution >= 4 is 11.6 Å². The van der Waals surface area contributed by atoms with Gasteiger partial charge >= 0.3 is 0 Å². The first-order valence-corrected chi connectivity index (χ1v) is 5.57. The molecule has 2 nitrogen and oxygen atoms in total. The van der Waals surface area contributed by atoms with Crippen molar-refractivity contribution in [1.82, 2.24) is 0 Å². The van der Waals surface area contributed by atoms with Crippen LogP contribution in [0, 0.1) is 5.92 Å². The summed E-state index contributed by atoms with van der Waals surface area (Å²) in [5.41, 5.74) is 2.18. The van der Waals surface area contributed by atoms with E-state index >= 15 is 0 Å². The zero-order valence-electron chi connectivity index (χ0n) is 9.71. The van der Waals surface area contributed by atoms with Gasteiger partial charge in [0.25, 0.3) is 0 Å². The van der Waals surface area contributed by atoms with Crippen molar-refractivity contribution in [1.29, 1.82) is 0 Å². The van der Waals surface area contributed by atoms with Crippen LogP contribution in [-0.4, -0.2) is 5.91 Å². The number of rotatable bonds is 4. The Balaban J connectivity index is 2.61. The summed E-state index contributed by atoms with van der Waals surface area (Å²) in [6.45, 7) is 6.08. The topological polar surface area (TPSA) is 29.1 Å². The highest BCUT2D eigenvalue weighted by Crippen LogP contribution is 2.12. The van der Waals surface area contributed by atoms with E-state index in [0.717, 1.165) is 18.5 Å². The van der Waals surface area contributed by atoms with Crippen molar-refractivity contribution in [3.8, 4) is 0 Å². The quantitative estimate of drug-likeness (QED) is 0.803. The minimum atomic E-state index is 0.0795. The minimum absolute atomic E-state index is 0.0795. The molecule has 0 saturated heterocycles. The van der Waals surface area contributed by atoms with Crippen LogP contribution in [0.5, 0.6) is 0 Å². The zero-order valence-corrected chi connectivity index (χ0v) is 9.71. The molecule has 1 atom stereocenters. The van der Waals surface area contributed by atoms with Crippen molar-refractivity contribution in [2.75, 3.05) is 5.32 Å². The first-order valence-electron chi connectivity index (χ1n) is 5.57. The van der Waals surface area contributed by atoms with Crippen molar-refractivity contribution < 1.29 is 4.79 Å². The van der Waals surface area contributed by atoms with Gasteiger partial charge in [-0.05, 0) is 30.5 Å². The van der Waals surface area contributed by atoms with E-state index in [1.54, 1.807) is 0 Å². The number of hydrogen-bond acceptors (Lipinski definition) is 1. The van der Waals surface area contributed by atoms with E-state index in [9.17, 15) is 4.79 Å². The predicted molar refractivity (Wildman–Crippen MR) is 63.9 cm³/mol. The molecule has 1 rings (SSSR count). The van der Waals surface area contributed by atoms with Gasteiger partial charge in [0.2, 0.25) is 5.91 Å². The largest absolute Gasteiger partial charge is 0.326 e. The molecule has 0 spiro atoms. The molecule has 2 heteroatoms. The van der Waals surface area contributed by atoms with Gasteiger partial charge in [-0.25, -0.2) is 0 Å². The second-order valence-corrected chi connectivity index (χ2v) is 3.85. The Morgan fingerprint density at radius 3 is 2.33 bits per heavy atom. The van der Waals surface area contributed by atoms with Gasteiger partial charge in [-0.15, -0.1) is 0 Å². The second kappa shape index (κ2) is 5.54. The van der Waals surface area contributed by atoms with Crippen LogP contribution in [0.15, 0.2) is 24.3 Å². The van der Waals surface area contributed by atoms with Crippen molar-refractivity contribution in [3.05, 3.63) is 29.8 Å². The van der Waals surface area contributed by atoms with Gasteiger partial charge in [-0.2, -0.15) is 0 Å². The fourth-order valence-corrected chi connectivity index (χ4v) is 1.27. The standard InChI is InChI=1S/C13H19NO/c1-4-10(3)13(15)14-12-8-6-11(5-2)7-9-12/h6-10H,4-5H2,1-3H3,(H,14,15). The molecule has 0 heterocycles. The fourth-order valence-electron chi connectivity index (χ4n) is 1.27. The molecule has 0 bridgehead atoms. The highest BCUT2D eigenvalue weighted by molar-refractivity contribution is 5.92. The third-order valence-corrected chi connectivity index (χ3v) is 2.69. The van der Waals surface area contributed by atoms with Crippen molar-refractivity contribution in [2.45, 2.75) is 33.6 Å². The number of amides is 1. The molecule has 1 unspecified atom stereocenters. The Morgan fingerprint density at radius 2 is 1.87 bits per heavy atom. The lowest BCUT2D eigenvalue weighted by Crippen LogP contribution is -2.19. The monoisotopic (exact) mass is 205 g/mol. The molecule has 1 N–H and O–H groups in total. The highest BCUT2D eigenvalue weighted by atomic mass is 16.1. The van der Waals surface area contributed by atoms with E-state index in [0.29, 0.717) is 0 Å². The number of hydrogen-bond donors (Lipinski definition) is 1. The normalized spacial score (nSPS) is 12.2. The molecule has 0 radical (unpaired) electrons. The van der Waals surface area contributed by atoms with Gasteiger partial charge in [-0.1, -0.05) is 32.9 Å². The van der Waals surface area contributed by atoms with Gasteiger partial charge in [-0.3, -0.25) is 4.79 Å². The molecule has 0 fully saturated rings. The number of benzene rings is 1. The summed E-state index contributed by atoms with van der Waals surface area (Å²) >= 11 is 0. The maximum Gasteiger partial charge on any atom is 0.227 e. The van der Waals surface area contributed by atoms with E-state index in [1.165, 1.54) is 5.56 Å². The van der Waals surface area contributed by atoms with Crippen LogP contribution in [0.4, 0.5) is 5.69 Å². The number of aryl methyl sites for hydroxylation is 1. The van der Waals surface area contributed by atoms with Crippen LogP contribution >= 0.6 is 0 Å². The molecule has 1 aromatic carbocycles. The van der Waals surface area contributed by atoms with E-state index < -0.39 is 0 Å². The predicted octanol–water partition coefficient (Wildman–Crippen LogP) is 3.23. The van der Waals surface area contributed by atoms with Gasteiger partial charge < -0.3 is 5.32 Å². The Bertz CT molecular complexity index is 316. The second-order valence-electron chi connectivity index (χ2n) is 3.85. The molecule has 0 aromatic heterocycles. The molecular weight excluding hydrogens is 186 g/mol. The van der Waals surface area contributed by atoms with Crippen LogP contribution in [0.2, 0.25) is 0 Å². The van der Waals surface area contributed by atoms with Crippen LogP contribution in [0.25, 0.3) is 0 Å². The molecule has 0 saturated carbocycles. The maximum atomic E-state index is 11.6. The SMILES string of the molecule is CCc1ccc(NC(=O)C(C)CC)cc1. The Hall–Kier alpha value is -1.31. The number of carbonyl (C=O) groups is 1. The number of anilines is 1. The number of carbonyl (C=O) groups excluding carboxylic acids is 1. The van der Waals surface area contributed by atoms with Gasteiger partial charge in [0.15, 0.2) is 0 Å². The van der Waals surface area contributed by atoms with Crippen LogP contribution in [0.1, 0.15) is 32.8 Å². The van der Waals surface area contributed by atoms with Gasteiger partial charge in [0.1, 0.15) is 0 Å². The first kappa shape index (κ1) is 11.8. The molecule has 1 aromatic rings. The molecular formula is C13H19NO. The lowest BCUT2D eigenvalue weighted by atomic mass is 10.1. The smallest absolute Gasteiger partial charge is 0.227 e. The van der Waals surface area contributed by atoms with Gasteiger partial charge in [0, 0.05) is 11.6 Å². The highest BCUT2D eigenvalue weighted by Gasteiger charge is 2.09. The molecule has 0 aliphatic heterocycles. The Labute approximate surface area is 91.7 Å². The molecule has 15 heavy (non-hydrogen) atoms. The summed E-state index contributed by atoms with van der Waals surface area (Å²) in [7, 11) is 0. The van der Waals surface area contributed by atoms with Crippen LogP contribution < -0.4 is 5.32 Å². The van der Waals surface area contributed by atoms with E-state index in [2.05, 4.69) is 12.2 Å². The first-order chi connectivity index (χ1) is 7.17. The fraction of sp³-hybridized carbons (Fsp3) is 0.462. The lowest BCUT2D eigenvalue weighted by Gasteiger charge is -2.10. The molecule has 0 aliphatic carbocycles. The Kier molecular flexibility index (Phi) is 4.35. The zero-order chi connectivity index (χ0) is 11.3. The summed E-state index contributed by atoms with van der Waals surface area (Å²) in [6.07, 6.45) is 1.90. The molecule has 0 aliphatic rings. The van der Waals surface area contributed by atoms with E-state index in [4.69, 9.17) is 0 Å². The summed E-state index contributed by atoms with van der Waals surface area (Å²) < 4.78 is 0. The Morgan fingerprint density at radius 1 is 1.27 bits per heavy atom. The summed E-state index contributed by atoms with van der Waals surface area (Å²) in [6, 6.07) is 8.01. The molecule has 1 amide bonds. The van der Waals surface area contributed by atoms with Gasteiger partial charge in [0.05, 0.1) is 0 Å². The minimum Gasteiger partial charge on any atom is -0.326 e. The average Bonchev–Trinajstić information content (AvgIpc) is 2.29. The lowest BCUT2D eigenvalue weighted by molar-refractivity contribution is -0.119.